The van der Waals surface area contributed by atoms with Crippen LogP contribution in [-0.2, 0) is 9.53 Å². The molecule has 1 aliphatic heterocycles. The van der Waals surface area contributed by atoms with Crippen molar-refractivity contribution in [1.82, 2.24) is 26.0 Å². The van der Waals surface area contributed by atoms with Gasteiger partial charge in [-0.25, -0.2) is 0 Å². The number of rotatable bonds is 5. The first-order chi connectivity index (χ1) is 8.36. The number of amides is 1. The van der Waals surface area contributed by atoms with E-state index in [1.165, 1.54) is 11.8 Å². The number of nitrogens with zero attached hydrogens (tertiary/aromatic N) is 2. The summed E-state index contributed by atoms with van der Waals surface area (Å²) in [7, 11) is 0. The molecule has 0 bridgehead atoms. The van der Waals surface area contributed by atoms with E-state index < -0.39 is 0 Å². The van der Waals surface area contributed by atoms with Crippen molar-refractivity contribution in [2.75, 3.05) is 32.0 Å². The molecule has 0 aromatic carbocycles. The topological polar surface area (TPSA) is 91.9 Å². The van der Waals surface area contributed by atoms with Crippen LogP contribution in [0.1, 0.15) is 0 Å². The molecule has 1 aromatic heterocycles. The zero-order valence-corrected chi connectivity index (χ0v) is 10.1. The van der Waals surface area contributed by atoms with Gasteiger partial charge in [0.05, 0.1) is 12.8 Å². The first-order valence-electron chi connectivity index (χ1n) is 5.45. The fourth-order valence-electron chi connectivity index (χ4n) is 1.44. The first kappa shape index (κ1) is 12.3. The Morgan fingerprint density at radius 1 is 1.71 bits per heavy atom. The molecule has 0 aliphatic carbocycles. The number of morpholine rings is 1. The zero-order chi connectivity index (χ0) is 11.9. The fourth-order valence-corrected chi connectivity index (χ4v) is 2.08. The maximum absolute atomic E-state index is 11.6. The third kappa shape index (κ3) is 3.99. The number of H-pyrrole nitrogens is 1. The van der Waals surface area contributed by atoms with Gasteiger partial charge >= 0.3 is 0 Å². The summed E-state index contributed by atoms with van der Waals surface area (Å²) in [6, 6.07) is 0. The van der Waals surface area contributed by atoms with Crippen molar-refractivity contribution in [1.29, 1.82) is 0 Å². The largest absolute Gasteiger partial charge is 0.366 e. The van der Waals surface area contributed by atoms with Gasteiger partial charge in [-0.15, -0.1) is 16.9 Å². The SMILES string of the molecule is O=C(NCCSc1cn[nH]n1)C1CNCCO1. The van der Waals surface area contributed by atoms with Crippen molar-refractivity contribution >= 4 is 17.7 Å². The van der Waals surface area contributed by atoms with E-state index in [9.17, 15) is 4.79 Å². The Kier molecular flexibility index (Phi) is 4.77. The second kappa shape index (κ2) is 6.58. The van der Waals surface area contributed by atoms with Gasteiger partial charge in [0.15, 0.2) is 0 Å². The van der Waals surface area contributed by atoms with Gasteiger partial charge in [-0.05, 0) is 0 Å². The van der Waals surface area contributed by atoms with E-state index in [0.717, 1.165) is 17.3 Å². The third-order valence-corrected chi connectivity index (χ3v) is 3.16. The molecule has 0 spiro atoms. The molecule has 1 aliphatic rings. The van der Waals surface area contributed by atoms with Gasteiger partial charge in [0.25, 0.3) is 0 Å². The Morgan fingerprint density at radius 2 is 2.65 bits per heavy atom. The van der Waals surface area contributed by atoms with Crippen LogP contribution in [0.3, 0.4) is 0 Å². The molecule has 94 valence electrons. The van der Waals surface area contributed by atoms with Crippen molar-refractivity contribution in [2.24, 2.45) is 0 Å². The number of thioether (sulfide) groups is 1. The minimum Gasteiger partial charge on any atom is -0.366 e. The maximum Gasteiger partial charge on any atom is 0.250 e. The minimum absolute atomic E-state index is 0.0575. The van der Waals surface area contributed by atoms with Crippen molar-refractivity contribution in [3.8, 4) is 0 Å². The lowest BCUT2D eigenvalue weighted by atomic mass is 10.3. The molecule has 2 heterocycles. The van der Waals surface area contributed by atoms with Gasteiger partial charge in [-0.3, -0.25) is 4.79 Å². The lowest BCUT2D eigenvalue weighted by Gasteiger charge is -2.22. The molecular weight excluding hydrogens is 242 g/mol. The van der Waals surface area contributed by atoms with Gasteiger partial charge in [0.1, 0.15) is 11.1 Å². The number of aromatic nitrogens is 3. The number of hydrogen-bond donors (Lipinski definition) is 3. The monoisotopic (exact) mass is 257 g/mol. The Balaban J connectivity index is 1.59. The van der Waals surface area contributed by atoms with Crippen LogP contribution in [0.25, 0.3) is 0 Å². The van der Waals surface area contributed by atoms with E-state index in [-0.39, 0.29) is 12.0 Å². The number of carbonyl (C=O) groups excluding carboxylic acids is 1. The first-order valence-corrected chi connectivity index (χ1v) is 6.43. The lowest BCUT2D eigenvalue weighted by molar-refractivity contribution is -0.134. The highest BCUT2D eigenvalue weighted by atomic mass is 32.2. The molecule has 1 aromatic rings. The molecule has 0 radical (unpaired) electrons. The highest BCUT2D eigenvalue weighted by Crippen LogP contribution is 2.10. The molecule has 2 rings (SSSR count). The van der Waals surface area contributed by atoms with Crippen LogP contribution in [0.15, 0.2) is 11.2 Å². The maximum atomic E-state index is 11.6. The summed E-state index contributed by atoms with van der Waals surface area (Å²) in [5, 5.41) is 16.9. The van der Waals surface area contributed by atoms with Gasteiger partial charge in [0, 0.05) is 25.4 Å². The van der Waals surface area contributed by atoms with Crippen molar-refractivity contribution in [2.45, 2.75) is 11.1 Å². The van der Waals surface area contributed by atoms with E-state index in [1.807, 2.05) is 0 Å². The average Bonchev–Trinajstić information content (AvgIpc) is 2.88. The van der Waals surface area contributed by atoms with Gasteiger partial charge in [-0.1, -0.05) is 0 Å². The van der Waals surface area contributed by atoms with E-state index in [2.05, 4.69) is 26.0 Å². The summed E-state index contributed by atoms with van der Waals surface area (Å²) >= 11 is 1.54. The van der Waals surface area contributed by atoms with Crippen LogP contribution in [0.5, 0.6) is 0 Å². The molecule has 17 heavy (non-hydrogen) atoms. The summed E-state index contributed by atoms with van der Waals surface area (Å²) in [5.74, 6) is 0.705. The van der Waals surface area contributed by atoms with Crippen LogP contribution in [0, 0.1) is 0 Å². The number of ether oxygens (including phenoxy) is 1. The Morgan fingerprint density at radius 3 is 3.35 bits per heavy atom. The predicted molar refractivity (Wildman–Crippen MR) is 62.7 cm³/mol. The van der Waals surface area contributed by atoms with Gasteiger partial charge in [0.2, 0.25) is 5.91 Å². The molecule has 1 atom stereocenters. The molecule has 3 N–H and O–H groups in total. The Labute approximate surface area is 103 Å². The summed E-state index contributed by atoms with van der Waals surface area (Å²) in [4.78, 5) is 11.6. The van der Waals surface area contributed by atoms with Crippen LogP contribution in [0.2, 0.25) is 0 Å². The van der Waals surface area contributed by atoms with E-state index in [4.69, 9.17) is 4.74 Å². The van der Waals surface area contributed by atoms with E-state index in [0.29, 0.717) is 19.7 Å². The summed E-state index contributed by atoms with van der Waals surface area (Å²) in [6.45, 7) is 2.58. The fraction of sp³-hybridized carbons (Fsp3) is 0.667. The quantitative estimate of drug-likeness (QED) is 0.463. The molecule has 1 fully saturated rings. The van der Waals surface area contributed by atoms with E-state index >= 15 is 0 Å². The molecule has 1 saturated heterocycles. The molecule has 0 saturated carbocycles. The number of carbonyl (C=O) groups is 1. The van der Waals surface area contributed by atoms with Gasteiger partial charge < -0.3 is 15.4 Å². The predicted octanol–water partition coefficient (Wildman–Crippen LogP) is -0.999. The van der Waals surface area contributed by atoms with Crippen LogP contribution in [-0.4, -0.2) is 59.4 Å². The van der Waals surface area contributed by atoms with Gasteiger partial charge in [-0.2, -0.15) is 10.3 Å². The Hall–Kier alpha value is -1.12. The smallest absolute Gasteiger partial charge is 0.250 e. The third-order valence-electron chi connectivity index (χ3n) is 2.26. The van der Waals surface area contributed by atoms with Crippen LogP contribution in [0.4, 0.5) is 0 Å². The molecule has 8 heteroatoms. The number of hydrogen-bond acceptors (Lipinski definition) is 6. The molecular formula is C9H15N5O2S. The standard InChI is InChI=1S/C9H15N5O2S/c15-9(7-5-10-1-3-16-7)11-2-4-17-8-6-12-14-13-8/h6-7,10H,1-5H2,(H,11,15)(H,12,13,14). The van der Waals surface area contributed by atoms with Crippen molar-refractivity contribution in [3.63, 3.8) is 0 Å². The molecule has 1 unspecified atom stereocenters. The van der Waals surface area contributed by atoms with Crippen LogP contribution < -0.4 is 10.6 Å². The highest BCUT2D eigenvalue weighted by molar-refractivity contribution is 7.99. The average molecular weight is 257 g/mol. The summed E-state index contributed by atoms with van der Waals surface area (Å²) in [5.41, 5.74) is 0. The lowest BCUT2D eigenvalue weighted by Crippen LogP contribution is -2.48. The summed E-state index contributed by atoms with van der Waals surface area (Å²) < 4.78 is 5.33. The number of nitrogens with one attached hydrogen (secondary N) is 3. The minimum atomic E-state index is -0.360. The van der Waals surface area contributed by atoms with E-state index in [1.54, 1.807) is 6.20 Å². The summed E-state index contributed by atoms with van der Waals surface area (Å²) in [6.07, 6.45) is 1.29. The van der Waals surface area contributed by atoms with Crippen molar-refractivity contribution < 1.29 is 9.53 Å². The Bertz CT molecular complexity index is 339. The second-order valence-electron chi connectivity index (χ2n) is 3.51. The second-order valence-corrected chi connectivity index (χ2v) is 4.63. The normalized spacial score (nSPS) is 20.1. The van der Waals surface area contributed by atoms with Crippen molar-refractivity contribution in [3.05, 3.63) is 6.20 Å². The molecule has 7 nitrogen and oxygen atoms in total. The zero-order valence-electron chi connectivity index (χ0n) is 9.31. The highest BCUT2D eigenvalue weighted by Gasteiger charge is 2.20. The number of aromatic amines is 1. The molecule has 1 amide bonds. The van der Waals surface area contributed by atoms with Crippen LogP contribution >= 0.6 is 11.8 Å².